The summed E-state index contributed by atoms with van der Waals surface area (Å²) in [6.45, 7) is 1.92. The Morgan fingerprint density at radius 2 is 2.14 bits per heavy atom. The third kappa shape index (κ3) is 2.99. The molecule has 0 radical (unpaired) electrons. The maximum Gasteiger partial charge on any atom is 0.191 e. The van der Waals surface area contributed by atoms with Crippen molar-refractivity contribution in [3.8, 4) is 11.4 Å². The highest BCUT2D eigenvalue weighted by Gasteiger charge is 2.14. The van der Waals surface area contributed by atoms with Crippen LogP contribution in [0.15, 0.2) is 46.2 Å². The Bertz CT molecular complexity index is 766. The molecule has 0 aliphatic heterocycles. The summed E-state index contributed by atoms with van der Waals surface area (Å²) in [4.78, 5) is 0. The van der Waals surface area contributed by atoms with Gasteiger partial charge < -0.3 is 8.98 Å². The fraction of sp³-hybridized carbons (Fsp3) is 0.200. The quantitative estimate of drug-likeness (QED) is 0.671. The van der Waals surface area contributed by atoms with E-state index in [9.17, 15) is 0 Å². The average molecular weight is 320 g/mol. The van der Waals surface area contributed by atoms with E-state index < -0.39 is 0 Å². The van der Waals surface area contributed by atoms with Crippen molar-refractivity contribution in [1.82, 2.24) is 14.8 Å². The van der Waals surface area contributed by atoms with Gasteiger partial charge in [0, 0.05) is 17.8 Å². The summed E-state index contributed by atoms with van der Waals surface area (Å²) in [5.74, 6) is 2.46. The normalized spacial score (nSPS) is 11.0. The molecule has 0 aliphatic rings. The molecule has 0 aliphatic carbocycles. The number of hydrogen-bond acceptors (Lipinski definition) is 4. The predicted octanol–water partition coefficient (Wildman–Crippen LogP) is 4.33. The number of rotatable bonds is 4. The molecule has 0 saturated heterocycles. The van der Waals surface area contributed by atoms with Gasteiger partial charge >= 0.3 is 0 Å². The van der Waals surface area contributed by atoms with Crippen LogP contribution < -0.4 is 0 Å². The van der Waals surface area contributed by atoms with Gasteiger partial charge in [-0.15, -0.1) is 10.2 Å². The van der Waals surface area contributed by atoms with Crippen LogP contribution >= 0.6 is 23.4 Å². The van der Waals surface area contributed by atoms with E-state index in [1.807, 2.05) is 42.8 Å². The average Bonchev–Trinajstić information content (AvgIpc) is 3.03. The van der Waals surface area contributed by atoms with Gasteiger partial charge in [-0.05, 0) is 30.7 Å². The van der Waals surface area contributed by atoms with E-state index >= 15 is 0 Å². The zero-order valence-electron chi connectivity index (χ0n) is 11.7. The molecular weight excluding hydrogens is 306 g/mol. The second-order valence-corrected chi connectivity index (χ2v) is 6.05. The van der Waals surface area contributed by atoms with E-state index in [4.69, 9.17) is 16.0 Å². The Morgan fingerprint density at radius 3 is 2.86 bits per heavy atom. The Morgan fingerprint density at radius 1 is 1.29 bits per heavy atom. The summed E-state index contributed by atoms with van der Waals surface area (Å²) in [5, 5.41) is 10.1. The lowest BCUT2D eigenvalue weighted by Crippen LogP contribution is -1.95. The molecule has 0 saturated carbocycles. The molecule has 0 bridgehead atoms. The number of thioether (sulfide) groups is 1. The molecule has 4 nitrogen and oxygen atoms in total. The van der Waals surface area contributed by atoms with Crippen molar-refractivity contribution in [3.05, 3.63) is 52.9 Å². The molecule has 0 spiro atoms. The second-order valence-electron chi connectivity index (χ2n) is 4.67. The summed E-state index contributed by atoms with van der Waals surface area (Å²) in [5.41, 5.74) is 2.14. The number of furan rings is 1. The van der Waals surface area contributed by atoms with Gasteiger partial charge in [-0.25, -0.2) is 0 Å². The van der Waals surface area contributed by atoms with E-state index in [0.717, 1.165) is 38.6 Å². The largest absolute Gasteiger partial charge is 0.469 e. The van der Waals surface area contributed by atoms with Gasteiger partial charge in [0.2, 0.25) is 0 Å². The van der Waals surface area contributed by atoms with E-state index in [2.05, 4.69) is 16.3 Å². The molecule has 0 fully saturated rings. The number of hydrogen-bond donors (Lipinski definition) is 0. The van der Waals surface area contributed by atoms with Crippen LogP contribution in [0.5, 0.6) is 0 Å². The zero-order chi connectivity index (χ0) is 14.8. The number of halogens is 1. The van der Waals surface area contributed by atoms with Gasteiger partial charge in [0.1, 0.15) is 5.76 Å². The standard InChI is InChI=1S/C15H14ClN3OS/c1-10-13(6-7-20-10)14-17-18-15(19(14)2)21-9-11-4-3-5-12(16)8-11/h3-8H,9H2,1-2H3. The number of benzene rings is 1. The molecule has 0 atom stereocenters. The summed E-state index contributed by atoms with van der Waals surface area (Å²) >= 11 is 7.63. The minimum absolute atomic E-state index is 0.751. The highest BCUT2D eigenvalue weighted by atomic mass is 35.5. The van der Waals surface area contributed by atoms with Crippen LogP contribution in [-0.4, -0.2) is 14.8 Å². The second kappa shape index (κ2) is 5.95. The highest BCUT2D eigenvalue weighted by molar-refractivity contribution is 7.98. The van der Waals surface area contributed by atoms with Crippen molar-refractivity contribution in [1.29, 1.82) is 0 Å². The van der Waals surface area contributed by atoms with Gasteiger partial charge in [0.05, 0.1) is 11.8 Å². The Kier molecular flexibility index (Phi) is 4.03. The fourth-order valence-electron chi connectivity index (χ4n) is 2.07. The van der Waals surface area contributed by atoms with Crippen molar-refractivity contribution in [2.75, 3.05) is 0 Å². The minimum atomic E-state index is 0.751. The van der Waals surface area contributed by atoms with Crippen molar-refractivity contribution in [3.63, 3.8) is 0 Å². The van der Waals surface area contributed by atoms with Gasteiger partial charge in [-0.3, -0.25) is 0 Å². The van der Waals surface area contributed by atoms with Crippen LogP contribution in [-0.2, 0) is 12.8 Å². The molecule has 21 heavy (non-hydrogen) atoms. The first-order chi connectivity index (χ1) is 10.1. The molecule has 3 aromatic rings. The Balaban J connectivity index is 1.79. The molecule has 2 aromatic heterocycles. The predicted molar refractivity (Wildman–Crippen MR) is 84.5 cm³/mol. The molecule has 6 heteroatoms. The van der Waals surface area contributed by atoms with Crippen molar-refractivity contribution in [2.45, 2.75) is 17.8 Å². The molecule has 0 unspecified atom stereocenters. The van der Waals surface area contributed by atoms with Gasteiger partial charge in [-0.1, -0.05) is 35.5 Å². The fourth-order valence-corrected chi connectivity index (χ4v) is 3.13. The number of aromatic nitrogens is 3. The first-order valence-corrected chi connectivity index (χ1v) is 7.82. The van der Waals surface area contributed by atoms with E-state index in [1.54, 1.807) is 18.0 Å². The molecule has 3 rings (SSSR count). The summed E-state index contributed by atoms with van der Waals surface area (Å²) in [6, 6.07) is 9.75. The first-order valence-electron chi connectivity index (χ1n) is 6.46. The summed E-state index contributed by atoms with van der Waals surface area (Å²) in [7, 11) is 1.96. The van der Waals surface area contributed by atoms with Crippen LogP contribution in [0.25, 0.3) is 11.4 Å². The lowest BCUT2D eigenvalue weighted by Gasteiger charge is -2.03. The van der Waals surface area contributed by atoms with Crippen molar-refractivity contribution in [2.24, 2.45) is 7.05 Å². The lowest BCUT2D eigenvalue weighted by atomic mass is 10.2. The van der Waals surface area contributed by atoms with E-state index in [1.165, 1.54) is 0 Å². The SMILES string of the molecule is Cc1occc1-c1nnc(SCc2cccc(Cl)c2)n1C. The molecule has 1 aromatic carbocycles. The number of nitrogens with zero attached hydrogens (tertiary/aromatic N) is 3. The maximum atomic E-state index is 5.99. The summed E-state index contributed by atoms with van der Waals surface area (Å²) < 4.78 is 7.30. The van der Waals surface area contributed by atoms with E-state index in [0.29, 0.717) is 0 Å². The first kappa shape index (κ1) is 14.2. The number of aryl methyl sites for hydroxylation is 1. The smallest absolute Gasteiger partial charge is 0.191 e. The Hall–Kier alpha value is -1.72. The molecular formula is C15H14ClN3OS. The van der Waals surface area contributed by atoms with Crippen molar-refractivity contribution < 1.29 is 4.42 Å². The van der Waals surface area contributed by atoms with Crippen LogP contribution in [0.1, 0.15) is 11.3 Å². The minimum Gasteiger partial charge on any atom is -0.469 e. The Labute approximate surface area is 132 Å². The zero-order valence-corrected chi connectivity index (χ0v) is 13.3. The third-order valence-electron chi connectivity index (χ3n) is 3.19. The monoisotopic (exact) mass is 319 g/mol. The molecule has 108 valence electrons. The van der Waals surface area contributed by atoms with Gasteiger partial charge in [-0.2, -0.15) is 0 Å². The molecule has 0 amide bonds. The molecule has 2 heterocycles. The van der Waals surface area contributed by atoms with Crippen LogP contribution in [0.2, 0.25) is 5.02 Å². The van der Waals surface area contributed by atoms with Crippen LogP contribution in [0, 0.1) is 6.92 Å². The lowest BCUT2D eigenvalue weighted by molar-refractivity contribution is 0.534. The van der Waals surface area contributed by atoms with Crippen LogP contribution in [0.4, 0.5) is 0 Å². The summed E-state index contributed by atoms with van der Waals surface area (Å²) in [6.07, 6.45) is 1.66. The molecule has 0 N–H and O–H groups in total. The van der Waals surface area contributed by atoms with E-state index in [-0.39, 0.29) is 0 Å². The van der Waals surface area contributed by atoms with Crippen molar-refractivity contribution >= 4 is 23.4 Å². The maximum absolute atomic E-state index is 5.99. The topological polar surface area (TPSA) is 43.9 Å². The highest BCUT2D eigenvalue weighted by Crippen LogP contribution is 2.27. The third-order valence-corrected chi connectivity index (χ3v) is 4.52. The van der Waals surface area contributed by atoms with Crippen LogP contribution in [0.3, 0.4) is 0 Å². The van der Waals surface area contributed by atoms with Gasteiger partial charge in [0.25, 0.3) is 0 Å². The van der Waals surface area contributed by atoms with Gasteiger partial charge in [0.15, 0.2) is 11.0 Å².